The summed E-state index contributed by atoms with van der Waals surface area (Å²) in [5, 5.41) is 8.39. The quantitative estimate of drug-likeness (QED) is 0.548. The lowest BCUT2D eigenvalue weighted by Gasteiger charge is -2.08. The van der Waals surface area contributed by atoms with Gasteiger partial charge in [-0.25, -0.2) is 0 Å². The third-order valence-electron chi connectivity index (χ3n) is 4.37. The summed E-state index contributed by atoms with van der Waals surface area (Å²) in [6, 6.07) is 14.3. The fourth-order valence-corrected chi connectivity index (χ4v) is 2.89. The number of amides is 3. The third kappa shape index (κ3) is 6.20. The molecule has 146 valence electrons. The predicted octanol–water partition coefficient (Wildman–Crippen LogP) is 2.89. The van der Waals surface area contributed by atoms with Gasteiger partial charge < -0.3 is 16.0 Å². The molecule has 1 saturated carbocycles. The first-order chi connectivity index (χ1) is 13.5. The second kappa shape index (κ2) is 9.50. The van der Waals surface area contributed by atoms with Crippen LogP contribution in [-0.4, -0.2) is 30.8 Å². The molecule has 3 N–H and O–H groups in total. The summed E-state index contributed by atoms with van der Waals surface area (Å²) in [4.78, 5) is 35.8. The molecule has 0 heterocycles. The first-order valence-electron chi connectivity index (χ1n) is 9.21. The van der Waals surface area contributed by atoms with Crippen molar-refractivity contribution < 1.29 is 14.4 Å². The number of carbonyl (C=O) groups is 3. The van der Waals surface area contributed by atoms with Crippen LogP contribution in [0, 0.1) is 5.92 Å². The van der Waals surface area contributed by atoms with E-state index in [9.17, 15) is 14.4 Å². The van der Waals surface area contributed by atoms with E-state index in [4.69, 9.17) is 0 Å². The molecular weight excluding hydrogens is 422 g/mol. The Kier molecular flexibility index (Phi) is 6.81. The Morgan fingerprint density at radius 1 is 0.893 bits per heavy atom. The van der Waals surface area contributed by atoms with Crippen LogP contribution in [0.1, 0.15) is 28.8 Å². The SMILES string of the molecule is O=C(Cc1ccc(Br)cc1)NCCNC(=O)c1ccc(NC(=O)C2CC2)cc1. The average molecular weight is 444 g/mol. The predicted molar refractivity (Wildman–Crippen MR) is 111 cm³/mol. The van der Waals surface area contributed by atoms with Gasteiger partial charge in [0.1, 0.15) is 0 Å². The maximum absolute atomic E-state index is 12.1. The molecule has 0 unspecified atom stereocenters. The summed E-state index contributed by atoms with van der Waals surface area (Å²) in [7, 11) is 0. The number of rotatable bonds is 8. The van der Waals surface area contributed by atoms with Gasteiger partial charge in [0.25, 0.3) is 5.91 Å². The van der Waals surface area contributed by atoms with E-state index >= 15 is 0 Å². The molecule has 0 radical (unpaired) electrons. The molecule has 1 fully saturated rings. The first kappa shape index (κ1) is 20.1. The van der Waals surface area contributed by atoms with E-state index in [0.717, 1.165) is 22.9 Å². The first-order valence-corrected chi connectivity index (χ1v) is 10.0. The minimum atomic E-state index is -0.220. The Labute approximate surface area is 172 Å². The summed E-state index contributed by atoms with van der Waals surface area (Å²) < 4.78 is 0.970. The fraction of sp³-hybridized carbons (Fsp3) is 0.286. The monoisotopic (exact) mass is 443 g/mol. The number of benzene rings is 2. The van der Waals surface area contributed by atoms with Crippen molar-refractivity contribution in [2.45, 2.75) is 19.3 Å². The van der Waals surface area contributed by atoms with Crippen LogP contribution in [0.5, 0.6) is 0 Å². The molecule has 1 aliphatic rings. The van der Waals surface area contributed by atoms with E-state index in [1.807, 2.05) is 24.3 Å². The van der Waals surface area contributed by atoms with Crippen LogP contribution in [0.2, 0.25) is 0 Å². The second-order valence-electron chi connectivity index (χ2n) is 6.75. The molecule has 0 aliphatic heterocycles. The summed E-state index contributed by atoms with van der Waals surface area (Å²) in [5.41, 5.74) is 2.12. The number of halogens is 1. The Morgan fingerprint density at radius 2 is 1.54 bits per heavy atom. The number of hydrogen-bond donors (Lipinski definition) is 3. The fourth-order valence-electron chi connectivity index (χ4n) is 2.62. The molecule has 7 heteroatoms. The zero-order valence-electron chi connectivity index (χ0n) is 15.3. The molecule has 0 bridgehead atoms. The van der Waals surface area contributed by atoms with E-state index in [1.54, 1.807) is 24.3 Å². The Hall–Kier alpha value is -2.67. The van der Waals surface area contributed by atoms with Gasteiger partial charge in [-0.1, -0.05) is 28.1 Å². The molecule has 0 saturated heterocycles. The lowest BCUT2D eigenvalue weighted by molar-refractivity contribution is -0.120. The summed E-state index contributed by atoms with van der Waals surface area (Å²) in [6.07, 6.45) is 2.20. The standard InChI is InChI=1S/C21H22BrN3O3/c22-17-7-1-14(2-8-17)13-19(26)23-11-12-24-20(27)15-5-9-18(10-6-15)25-21(28)16-3-4-16/h1-2,5-10,16H,3-4,11-13H2,(H,23,26)(H,24,27)(H,25,28). The van der Waals surface area contributed by atoms with Crippen LogP contribution in [0.3, 0.4) is 0 Å². The lowest BCUT2D eigenvalue weighted by atomic mass is 10.1. The summed E-state index contributed by atoms with van der Waals surface area (Å²) in [6.45, 7) is 0.696. The molecule has 3 amide bonds. The normalized spacial score (nSPS) is 12.9. The van der Waals surface area contributed by atoms with Gasteiger partial charge >= 0.3 is 0 Å². The molecule has 1 aliphatic carbocycles. The van der Waals surface area contributed by atoms with Crippen molar-refractivity contribution in [3.63, 3.8) is 0 Å². The largest absolute Gasteiger partial charge is 0.354 e. The highest BCUT2D eigenvalue weighted by Gasteiger charge is 2.29. The maximum Gasteiger partial charge on any atom is 0.251 e. The van der Waals surface area contributed by atoms with E-state index in [0.29, 0.717) is 30.8 Å². The van der Waals surface area contributed by atoms with Crippen LogP contribution in [-0.2, 0) is 16.0 Å². The van der Waals surface area contributed by atoms with E-state index in [-0.39, 0.29) is 23.6 Å². The molecule has 28 heavy (non-hydrogen) atoms. The van der Waals surface area contributed by atoms with Gasteiger partial charge in [0, 0.05) is 34.7 Å². The van der Waals surface area contributed by atoms with Gasteiger partial charge in [-0.15, -0.1) is 0 Å². The maximum atomic E-state index is 12.1. The van der Waals surface area contributed by atoms with Gasteiger partial charge in [0.2, 0.25) is 11.8 Å². The van der Waals surface area contributed by atoms with Crippen LogP contribution in [0.25, 0.3) is 0 Å². The van der Waals surface area contributed by atoms with Crippen LogP contribution < -0.4 is 16.0 Å². The molecule has 6 nitrogen and oxygen atoms in total. The minimum Gasteiger partial charge on any atom is -0.354 e. The Balaban J connectivity index is 1.36. The van der Waals surface area contributed by atoms with E-state index in [1.165, 1.54) is 0 Å². The van der Waals surface area contributed by atoms with Crippen molar-refractivity contribution >= 4 is 39.3 Å². The second-order valence-corrected chi connectivity index (χ2v) is 7.67. The minimum absolute atomic E-state index is 0.0380. The molecule has 2 aromatic carbocycles. The smallest absolute Gasteiger partial charge is 0.251 e. The van der Waals surface area contributed by atoms with Gasteiger partial charge in [-0.05, 0) is 54.8 Å². The topological polar surface area (TPSA) is 87.3 Å². The van der Waals surface area contributed by atoms with Crippen LogP contribution in [0.4, 0.5) is 5.69 Å². The molecule has 0 atom stereocenters. The van der Waals surface area contributed by atoms with Crippen molar-refractivity contribution in [3.8, 4) is 0 Å². The number of hydrogen-bond acceptors (Lipinski definition) is 3. The van der Waals surface area contributed by atoms with Crippen LogP contribution >= 0.6 is 15.9 Å². The van der Waals surface area contributed by atoms with Gasteiger partial charge in [-0.3, -0.25) is 14.4 Å². The Morgan fingerprint density at radius 3 is 2.18 bits per heavy atom. The van der Waals surface area contributed by atoms with Crippen molar-refractivity contribution in [2.75, 3.05) is 18.4 Å². The molecular formula is C21H22BrN3O3. The Bertz CT molecular complexity index is 846. The highest BCUT2D eigenvalue weighted by molar-refractivity contribution is 9.10. The molecule has 2 aromatic rings. The van der Waals surface area contributed by atoms with Crippen molar-refractivity contribution in [1.29, 1.82) is 0 Å². The highest BCUT2D eigenvalue weighted by atomic mass is 79.9. The zero-order chi connectivity index (χ0) is 19.9. The van der Waals surface area contributed by atoms with E-state index < -0.39 is 0 Å². The molecule has 0 aromatic heterocycles. The highest BCUT2D eigenvalue weighted by Crippen LogP contribution is 2.30. The number of nitrogens with one attached hydrogen (secondary N) is 3. The zero-order valence-corrected chi connectivity index (χ0v) is 16.9. The van der Waals surface area contributed by atoms with Crippen molar-refractivity contribution in [1.82, 2.24) is 10.6 Å². The number of carbonyl (C=O) groups excluding carboxylic acids is 3. The summed E-state index contributed by atoms with van der Waals surface area (Å²) in [5.74, 6) is -0.132. The van der Waals surface area contributed by atoms with Gasteiger partial charge in [0.15, 0.2) is 0 Å². The number of anilines is 1. The van der Waals surface area contributed by atoms with Crippen LogP contribution in [0.15, 0.2) is 53.0 Å². The summed E-state index contributed by atoms with van der Waals surface area (Å²) >= 11 is 3.36. The molecule has 0 spiro atoms. The molecule has 3 rings (SSSR count). The van der Waals surface area contributed by atoms with Crippen molar-refractivity contribution in [3.05, 3.63) is 64.1 Å². The lowest BCUT2D eigenvalue weighted by Crippen LogP contribution is -2.35. The third-order valence-corrected chi connectivity index (χ3v) is 4.90. The average Bonchev–Trinajstić information content (AvgIpc) is 3.53. The van der Waals surface area contributed by atoms with Crippen molar-refractivity contribution in [2.24, 2.45) is 5.92 Å². The van der Waals surface area contributed by atoms with Gasteiger partial charge in [0.05, 0.1) is 6.42 Å². The van der Waals surface area contributed by atoms with Gasteiger partial charge in [-0.2, -0.15) is 0 Å². The van der Waals surface area contributed by atoms with E-state index in [2.05, 4.69) is 31.9 Å².